The van der Waals surface area contributed by atoms with Gasteiger partial charge in [0.2, 0.25) is 0 Å². The summed E-state index contributed by atoms with van der Waals surface area (Å²) in [6.07, 6.45) is 10.8. The summed E-state index contributed by atoms with van der Waals surface area (Å²) in [5.74, 6) is 1.01. The van der Waals surface area contributed by atoms with Gasteiger partial charge in [0.15, 0.2) is 0 Å². The molecule has 0 spiro atoms. The summed E-state index contributed by atoms with van der Waals surface area (Å²) in [6, 6.07) is 0. The molecule has 0 atom stereocenters. The van der Waals surface area contributed by atoms with Crippen molar-refractivity contribution in [1.29, 1.82) is 0 Å². The van der Waals surface area contributed by atoms with Gasteiger partial charge in [-0.1, -0.05) is 30.9 Å². The first-order valence-electron chi connectivity index (χ1n) is 6.59. The number of aromatic nitrogens is 2. The molecule has 1 aliphatic rings. The van der Waals surface area contributed by atoms with Crippen LogP contribution in [0.2, 0.25) is 5.15 Å². The Kier molecular flexibility index (Phi) is 4.98. The van der Waals surface area contributed by atoms with Gasteiger partial charge in [-0.25, -0.2) is 4.98 Å². The summed E-state index contributed by atoms with van der Waals surface area (Å²) in [5, 5.41) is 4.25. The van der Waals surface area contributed by atoms with Crippen LogP contribution in [0.3, 0.4) is 0 Å². The van der Waals surface area contributed by atoms with E-state index in [1.807, 2.05) is 23.4 Å². The van der Waals surface area contributed by atoms with Crippen molar-refractivity contribution in [3.05, 3.63) is 17.2 Å². The molecule has 0 saturated heterocycles. The molecular weight excluding hydrogens is 266 g/mol. The molecule has 0 radical (unpaired) electrons. The number of halogens is 1. The Morgan fingerprint density at radius 3 is 2.72 bits per heavy atom. The lowest BCUT2D eigenvalue weighted by Gasteiger charge is -2.36. The van der Waals surface area contributed by atoms with Crippen LogP contribution in [0.15, 0.2) is 6.20 Å². The van der Waals surface area contributed by atoms with E-state index >= 15 is 0 Å². The van der Waals surface area contributed by atoms with E-state index in [0.29, 0.717) is 9.90 Å². The molecule has 1 fully saturated rings. The second-order valence-corrected chi connectivity index (χ2v) is 6.77. The molecule has 2 rings (SSSR count). The van der Waals surface area contributed by atoms with E-state index in [-0.39, 0.29) is 0 Å². The zero-order valence-electron chi connectivity index (χ0n) is 11.2. The summed E-state index contributed by atoms with van der Waals surface area (Å²) in [7, 11) is 1.96. The molecule has 3 nitrogen and oxygen atoms in total. The first-order chi connectivity index (χ1) is 8.67. The number of nitrogens with zero attached hydrogens (tertiary/aromatic N) is 2. The van der Waals surface area contributed by atoms with Gasteiger partial charge in [0, 0.05) is 18.3 Å². The largest absolute Gasteiger partial charge is 0.321 e. The quantitative estimate of drug-likeness (QED) is 0.902. The zero-order valence-corrected chi connectivity index (χ0v) is 12.8. The van der Waals surface area contributed by atoms with E-state index in [1.54, 1.807) is 6.20 Å². The Balaban J connectivity index is 1.85. The van der Waals surface area contributed by atoms with Crippen LogP contribution < -0.4 is 5.32 Å². The normalized spacial score (nSPS) is 19.1. The maximum atomic E-state index is 5.98. The smallest absolute Gasteiger partial charge is 0.128 e. The number of rotatable bonds is 5. The molecule has 1 saturated carbocycles. The highest BCUT2D eigenvalue weighted by Crippen LogP contribution is 2.37. The van der Waals surface area contributed by atoms with Crippen LogP contribution in [0.4, 0.5) is 0 Å². The van der Waals surface area contributed by atoms with E-state index < -0.39 is 0 Å². The first-order valence-corrected chi connectivity index (χ1v) is 8.19. The number of hydrogen-bond donors (Lipinski definition) is 1. The third kappa shape index (κ3) is 3.22. The second kappa shape index (κ2) is 6.31. The fraction of sp³-hybridized carbons (Fsp3) is 0.769. The van der Waals surface area contributed by atoms with Crippen molar-refractivity contribution in [2.75, 3.05) is 12.8 Å². The predicted molar refractivity (Wildman–Crippen MR) is 79.3 cm³/mol. The Hall–Kier alpha value is -0.190. The molecule has 5 heteroatoms. The van der Waals surface area contributed by atoms with Crippen molar-refractivity contribution < 1.29 is 0 Å². The summed E-state index contributed by atoms with van der Waals surface area (Å²) < 4.78 is 2.37. The summed E-state index contributed by atoms with van der Waals surface area (Å²) in [6.45, 7) is 1.87. The zero-order chi connectivity index (χ0) is 13.0. The van der Waals surface area contributed by atoms with Gasteiger partial charge in [-0.3, -0.25) is 0 Å². The molecule has 0 aromatic carbocycles. The molecular formula is C13H22ClN3S. The van der Waals surface area contributed by atoms with Crippen molar-refractivity contribution in [3.8, 4) is 0 Å². The summed E-state index contributed by atoms with van der Waals surface area (Å²) in [4.78, 5) is 4.31. The molecule has 102 valence electrons. The van der Waals surface area contributed by atoms with Crippen LogP contribution in [0.1, 0.15) is 37.9 Å². The van der Waals surface area contributed by atoms with Crippen LogP contribution >= 0.6 is 23.4 Å². The van der Waals surface area contributed by atoms with E-state index in [4.69, 9.17) is 11.6 Å². The molecule has 0 amide bonds. The number of nitrogens with one attached hydrogen (secondary N) is 1. The predicted octanol–water partition coefficient (Wildman–Crippen LogP) is 3.23. The Morgan fingerprint density at radius 2 is 2.17 bits per heavy atom. The highest BCUT2D eigenvalue weighted by Gasteiger charge is 2.30. The lowest BCUT2D eigenvalue weighted by atomic mass is 9.88. The fourth-order valence-corrected chi connectivity index (χ4v) is 3.73. The average molecular weight is 288 g/mol. The van der Waals surface area contributed by atoms with Crippen molar-refractivity contribution in [2.24, 2.45) is 7.05 Å². The molecule has 1 aromatic heterocycles. The van der Waals surface area contributed by atoms with Gasteiger partial charge in [-0.15, -0.1) is 0 Å². The van der Waals surface area contributed by atoms with Crippen molar-refractivity contribution in [3.63, 3.8) is 0 Å². The maximum Gasteiger partial charge on any atom is 0.128 e. The SMILES string of the molecule is CSC1(CNCc2ncc(Cl)n2C)CCCCC1. The van der Waals surface area contributed by atoms with E-state index in [1.165, 1.54) is 32.1 Å². The lowest BCUT2D eigenvalue weighted by molar-refractivity contribution is 0.377. The number of imidazole rings is 1. The summed E-state index contributed by atoms with van der Waals surface area (Å²) in [5.41, 5.74) is 0. The third-order valence-electron chi connectivity index (χ3n) is 3.96. The van der Waals surface area contributed by atoms with Gasteiger partial charge in [-0.05, 0) is 19.1 Å². The van der Waals surface area contributed by atoms with Crippen LogP contribution in [0.5, 0.6) is 0 Å². The van der Waals surface area contributed by atoms with Crippen LogP contribution in [0, 0.1) is 0 Å². The van der Waals surface area contributed by atoms with E-state index in [2.05, 4.69) is 16.6 Å². The highest BCUT2D eigenvalue weighted by atomic mass is 35.5. The van der Waals surface area contributed by atoms with Gasteiger partial charge < -0.3 is 9.88 Å². The monoisotopic (exact) mass is 287 g/mol. The third-order valence-corrected chi connectivity index (χ3v) is 5.73. The standard InChI is InChI=1S/C13H22ClN3S/c1-17-11(14)8-16-12(17)9-15-10-13(18-2)6-4-3-5-7-13/h8,15H,3-7,9-10H2,1-2H3. The summed E-state index contributed by atoms with van der Waals surface area (Å²) >= 11 is 8.00. The van der Waals surface area contributed by atoms with Crippen LogP contribution in [-0.4, -0.2) is 27.1 Å². The number of hydrogen-bond acceptors (Lipinski definition) is 3. The van der Waals surface area contributed by atoms with Gasteiger partial charge in [-0.2, -0.15) is 11.8 Å². The second-order valence-electron chi connectivity index (χ2n) is 5.11. The van der Waals surface area contributed by atoms with Crippen LogP contribution in [0.25, 0.3) is 0 Å². The molecule has 18 heavy (non-hydrogen) atoms. The molecule has 1 N–H and O–H groups in total. The molecule has 0 bridgehead atoms. The first kappa shape index (κ1) is 14.2. The molecule has 1 heterocycles. The maximum absolute atomic E-state index is 5.98. The highest BCUT2D eigenvalue weighted by molar-refractivity contribution is 8.00. The van der Waals surface area contributed by atoms with Crippen molar-refractivity contribution in [1.82, 2.24) is 14.9 Å². The van der Waals surface area contributed by atoms with E-state index in [9.17, 15) is 0 Å². The van der Waals surface area contributed by atoms with Gasteiger partial charge in [0.1, 0.15) is 11.0 Å². The van der Waals surface area contributed by atoms with E-state index in [0.717, 1.165) is 18.9 Å². The molecule has 0 unspecified atom stereocenters. The minimum atomic E-state index is 0.438. The Labute approximate surface area is 119 Å². The van der Waals surface area contributed by atoms with Crippen molar-refractivity contribution >= 4 is 23.4 Å². The molecule has 1 aromatic rings. The lowest BCUT2D eigenvalue weighted by Crippen LogP contribution is -2.39. The minimum absolute atomic E-state index is 0.438. The fourth-order valence-electron chi connectivity index (χ4n) is 2.64. The topological polar surface area (TPSA) is 29.9 Å². The van der Waals surface area contributed by atoms with Gasteiger partial charge in [0.05, 0.1) is 12.7 Å². The van der Waals surface area contributed by atoms with Gasteiger partial charge in [0.25, 0.3) is 0 Å². The number of thioether (sulfide) groups is 1. The minimum Gasteiger partial charge on any atom is -0.321 e. The Morgan fingerprint density at radius 1 is 1.44 bits per heavy atom. The molecule has 0 aliphatic heterocycles. The van der Waals surface area contributed by atoms with Gasteiger partial charge >= 0.3 is 0 Å². The Bertz CT molecular complexity index is 386. The van der Waals surface area contributed by atoms with Crippen molar-refractivity contribution in [2.45, 2.75) is 43.4 Å². The van der Waals surface area contributed by atoms with Crippen LogP contribution in [-0.2, 0) is 13.6 Å². The average Bonchev–Trinajstić information content (AvgIpc) is 2.72. The molecule has 1 aliphatic carbocycles.